The topological polar surface area (TPSA) is 72.2 Å². The molecule has 0 spiro atoms. The van der Waals surface area contributed by atoms with Crippen LogP contribution in [0.1, 0.15) is 12.8 Å². The average Bonchev–Trinajstić information content (AvgIpc) is 1.95. The minimum Gasteiger partial charge on any atom is -0.370 e. The molecule has 0 aromatic heterocycles. The zero-order valence-electron chi connectivity index (χ0n) is 6.65. The molecular formula is C6H9F3N2O2. The van der Waals surface area contributed by atoms with Gasteiger partial charge in [0, 0.05) is 13.0 Å². The molecule has 4 nitrogen and oxygen atoms in total. The zero-order valence-corrected chi connectivity index (χ0v) is 6.65. The quantitative estimate of drug-likeness (QED) is 0.620. The lowest BCUT2D eigenvalue weighted by Crippen LogP contribution is -2.37. The summed E-state index contributed by atoms with van der Waals surface area (Å²) in [5, 5.41) is 1.61. The summed E-state index contributed by atoms with van der Waals surface area (Å²) in [5.74, 6) is -2.61. The molecule has 0 heterocycles. The molecule has 3 N–H and O–H groups in total. The van der Waals surface area contributed by atoms with Crippen molar-refractivity contribution >= 4 is 11.8 Å². The first-order valence-corrected chi connectivity index (χ1v) is 3.47. The van der Waals surface area contributed by atoms with Crippen molar-refractivity contribution in [1.29, 1.82) is 0 Å². The van der Waals surface area contributed by atoms with Gasteiger partial charge in [0.15, 0.2) is 0 Å². The lowest BCUT2D eigenvalue weighted by Gasteiger charge is -2.06. The number of nitrogens with two attached hydrogens (primary N) is 1. The molecule has 0 saturated carbocycles. The summed E-state index contributed by atoms with van der Waals surface area (Å²) < 4.78 is 34.6. The first kappa shape index (κ1) is 11.7. The van der Waals surface area contributed by atoms with Gasteiger partial charge in [-0.2, -0.15) is 13.2 Å². The maximum atomic E-state index is 11.5. The number of primary amides is 1. The first-order valence-electron chi connectivity index (χ1n) is 3.47. The van der Waals surface area contributed by atoms with Crippen LogP contribution in [0.4, 0.5) is 13.2 Å². The Balaban J connectivity index is 3.55. The standard InChI is InChI=1S/C6H9F3N2O2/c7-6(8,9)5(13)11-3-1-2-4(10)12/h1-3H2,(H2,10,12)(H,11,13). The van der Waals surface area contributed by atoms with Gasteiger partial charge in [0.05, 0.1) is 0 Å². The van der Waals surface area contributed by atoms with Crippen LogP contribution in [0.15, 0.2) is 0 Å². The molecule has 0 rings (SSSR count). The second kappa shape index (κ2) is 4.68. The number of carbonyl (C=O) groups is 2. The van der Waals surface area contributed by atoms with Crippen molar-refractivity contribution in [3.05, 3.63) is 0 Å². The van der Waals surface area contributed by atoms with Gasteiger partial charge in [0.2, 0.25) is 5.91 Å². The fraction of sp³-hybridized carbons (Fsp3) is 0.667. The Hall–Kier alpha value is -1.27. The monoisotopic (exact) mass is 198 g/mol. The van der Waals surface area contributed by atoms with E-state index in [0.29, 0.717) is 0 Å². The number of hydrogen-bond acceptors (Lipinski definition) is 2. The van der Waals surface area contributed by atoms with E-state index in [9.17, 15) is 22.8 Å². The summed E-state index contributed by atoms with van der Waals surface area (Å²) in [6.07, 6.45) is -4.80. The molecule has 0 aliphatic rings. The Morgan fingerprint density at radius 1 is 1.31 bits per heavy atom. The van der Waals surface area contributed by atoms with E-state index in [-0.39, 0.29) is 19.4 Å². The number of hydrogen-bond donors (Lipinski definition) is 2. The Morgan fingerprint density at radius 2 is 1.85 bits per heavy atom. The molecule has 0 fully saturated rings. The molecule has 0 aliphatic carbocycles. The van der Waals surface area contributed by atoms with Crippen LogP contribution in [-0.4, -0.2) is 24.5 Å². The summed E-state index contributed by atoms with van der Waals surface area (Å²) in [6.45, 7) is -0.207. The molecular weight excluding hydrogens is 189 g/mol. The Labute approximate surface area is 72.3 Å². The fourth-order valence-corrected chi connectivity index (χ4v) is 0.565. The van der Waals surface area contributed by atoms with Crippen LogP contribution in [0.5, 0.6) is 0 Å². The van der Waals surface area contributed by atoms with Crippen molar-refractivity contribution < 1.29 is 22.8 Å². The predicted octanol–water partition coefficient (Wildman–Crippen LogP) is -0.0696. The van der Waals surface area contributed by atoms with E-state index < -0.39 is 18.0 Å². The van der Waals surface area contributed by atoms with E-state index >= 15 is 0 Å². The van der Waals surface area contributed by atoms with E-state index in [2.05, 4.69) is 0 Å². The summed E-state index contributed by atoms with van der Waals surface area (Å²) in [6, 6.07) is 0. The van der Waals surface area contributed by atoms with Crippen LogP contribution in [0.25, 0.3) is 0 Å². The molecule has 0 saturated heterocycles. The molecule has 2 amide bonds. The van der Waals surface area contributed by atoms with Gasteiger partial charge in [0.1, 0.15) is 0 Å². The van der Waals surface area contributed by atoms with Crippen molar-refractivity contribution in [3.63, 3.8) is 0 Å². The lowest BCUT2D eigenvalue weighted by molar-refractivity contribution is -0.173. The number of alkyl halides is 3. The van der Waals surface area contributed by atoms with Crippen LogP contribution >= 0.6 is 0 Å². The van der Waals surface area contributed by atoms with E-state index in [1.807, 2.05) is 0 Å². The maximum Gasteiger partial charge on any atom is 0.471 e. The average molecular weight is 198 g/mol. The van der Waals surface area contributed by atoms with E-state index in [0.717, 1.165) is 0 Å². The molecule has 0 aromatic rings. The van der Waals surface area contributed by atoms with Crippen molar-refractivity contribution in [2.75, 3.05) is 6.54 Å². The number of nitrogens with one attached hydrogen (secondary N) is 1. The number of halogens is 3. The SMILES string of the molecule is NC(=O)CCCNC(=O)C(F)(F)F. The van der Waals surface area contributed by atoms with Crippen LogP contribution in [0.2, 0.25) is 0 Å². The van der Waals surface area contributed by atoms with Crippen molar-refractivity contribution in [1.82, 2.24) is 5.32 Å². The minimum absolute atomic E-state index is 0.0435. The van der Waals surface area contributed by atoms with Crippen molar-refractivity contribution in [2.45, 2.75) is 19.0 Å². The van der Waals surface area contributed by atoms with Crippen molar-refractivity contribution in [3.8, 4) is 0 Å². The van der Waals surface area contributed by atoms with Gasteiger partial charge >= 0.3 is 12.1 Å². The summed E-state index contributed by atoms with van der Waals surface area (Å²) in [7, 11) is 0. The fourth-order valence-electron chi connectivity index (χ4n) is 0.565. The highest BCUT2D eigenvalue weighted by Gasteiger charge is 2.38. The minimum atomic E-state index is -4.87. The molecule has 0 unspecified atom stereocenters. The number of rotatable bonds is 4. The van der Waals surface area contributed by atoms with Gasteiger partial charge in [0.25, 0.3) is 0 Å². The first-order chi connectivity index (χ1) is 5.84. The number of amides is 2. The van der Waals surface area contributed by atoms with Crippen LogP contribution < -0.4 is 11.1 Å². The third-order valence-corrected chi connectivity index (χ3v) is 1.14. The van der Waals surface area contributed by atoms with Gasteiger partial charge in [-0.1, -0.05) is 0 Å². The highest BCUT2D eigenvalue weighted by Crippen LogP contribution is 2.13. The predicted molar refractivity (Wildman–Crippen MR) is 37.5 cm³/mol. The van der Waals surface area contributed by atoms with Crippen molar-refractivity contribution in [2.24, 2.45) is 5.73 Å². The Morgan fingerprint density at radius 3 is 2.23 bits per heavy atom. The zero-order chi connectivity index (χ0) is 10.5. The van der Waals surface area contributed by atoms with Crippen LogP contribution in [0, 0.1) is 0 Å². The molecule has 13 heavy (non-hydrogen) atoms. The smallest absolute Gasteiger partial charge is 0.370 e. The molecule has 0 radical (unpaired) electrons. The molecule has 0 atom stereocenters. The molecule has 0 bridgehead atoms. The van der Waals surface area contributed by atoms with Gasteiger partial charge in [-0.15, -0.1) is 0 Å². The third-order valence-electron chi connectivity index (χ3n) is 1.14. The third kappa shape index (κ3) is 5.94. The highest BCUT2D eigenvalue weighted by atomic mass is 19.4. The van der Waals surface area contributed by atoms with E-state index in [1.165, 1.54) is 0 Å². The second-order valence-corrected chi connectivity index (χ2v) is 2.32. The summed E-state index contributed by atoms with van der Waals surface area (Å²) >= 11 is 0. The van der Waals surface area contributed by atoms with Crippen LogP contribution in [-0.2, 0) is 9.59 Å². The number of carbonyl (C=O) groups excluding carboxylic acids is 2. The normalized spacial score (nSPS) is 11.0. The molecule has 0 aliphatic heterocycles. The van der Waals surface area contributed by atoms with Gasteiger partial charge in [-0.05, 0) is 6.42 Å². The second-order valence-electron chi connectivity index (χ2n) is 2.32. The highest BCUT2D eigenvalue weighted by molar-refractivity contribution is 5.81. The van der Waals surface area contributed by atoms with E-state index in [4.69, 9.17) is 5.73 Å². The molecule has 76 valence electrons. The van der Waals surface area contributed by atoms with Gasteiger partial charge < -0.3 is 11.1 Å². The summed E-state index contributed by atoms with van der Waals surface area (Å²) in [4.78, 5) is 20.3. The van der Waals surface area contributed by atoms with Crippen LogP contribution in [0.3, 0.4) is 0 Å². The van der Waals surface area contributed by atoms with Gasteiger partial charge in [-0.25, -0.2) is 0 Å². The Kier molecular flexibility index (Phi) is 4.22. The van der Waals surface area contributed by atoms with Gasteiger partial charge in [-0.3, -0.25) is 9.59 Å². The van der Waals surface area contributed by atoms with E-state index in [1.54, 1.807) is 5.32 Å². The lowest BCUT2D eigenvalue weighted by atomic mass is 10.3. The largest absolute Gasteiger partial charge is 0.471 e. The molecule has 7 heteroatoms. The molecule has 0 aromatic carbocycles. The summed E-state index contributed by atoms with van der Waals surface area (Å²) in [5.41, 5.74) is 4.72. The maximum absolute atomic E-state index is 11.5. The Bertz CT molecular complexity index is 203.